The normalized spacial score (nSPS) is 14.2. The van der Waals surface area contributed by atoms with Gasteiger partial charge in [-0.3, -0.25) is 20.2 Å². The fraction of sp³-hybridized carbons (Fsp3) is 0.500. The zero-order chi connectivity index (χ0) is 13.1. The van der Waals surface area contributed by atoms with E-state index in [1.807, 2.05) is 0 Å². The maximum absolute atomic E-state index is 11.0. The summed E-state index contributed by atoms with van der Waals surface area (Å²) in [7, 11) is 0. The highest BCUT2D eigenvalue weighted by Gasteiger charge is 2.30. The van der Waals surface area contributed by atoms with Crippen LogP contribution >= 0.6 is 0 Å². The van der Waals surface area contributed by atoms with Crippen LogP contribution < -0.4 is 5.32 Å². The summed E-state index contributed by atoms with van der Waals surface area (Å²) in [5.41, 5.74) is -1.07. The fourth-order valence-electron chi connectivity index (χ4n) is 1.19. The van der Waals surface area contributed by atoms with E-state index in [9.17, 15) is 14.9 Å². The molecule has 0 saturated carbocycles. The highest BCUT2D eigenvalue weighted by molar-refractivity contribution is 5.78. The Morgan fingerprint density at radius 3 is 2.71 bits per heavy atom. The molecular weight excluding hydrogens is 228 g/mol. The third-order valence-electron chi connectivity index (χ3n) is 2.66. The zero-order valence-corrected chi connectivity index (χ0v) is 9.60. The summed E-state index contributed by atoms with van der Waals surface area (Å²) in [5.74, 6) is -0.992. The van der Waals surface area contributed by atoms with Gasteiger partial charge in [0.15, 0.2) is 0 Å². The van der Waals surface area contributed by atoms with Gasteiger partial charge in [0.05, 0.1) is 12.6 Å². The van der Waals surface area contributed by atoms with Crippen LogP contribution in [0.5, 0.6) is 0 Å². The van der Waals surface area contributed by atoms with E-state index in [2.05, 4.69) is 5.32 Å². The van der Waals surface area contributed by atoms with Crippen molar-refractivity contribution < 1.29 is 19.2 Å². The first-order valence-corrected chi connectivity index (χ1v) is 5.10. The molecular formula is C10H14N2O5. The minimum Gasteiger partial charge on any atom is -0.480 e. The number of hydrogen-bond acceptors (Lipinski definition) is 5. The number of furan rings is 1. The number of nitrogens with zero attached hydrogens (tertiary/aromatic N) is 1. The Kier molecular flexibility index (Phi) is 3.84. The number of carboxylic acids is 1. The van der Waals surface area contributed by atoms with Crippen LogP contribution in [0.2, 0.25) is 0 Å². The summed E-state index contributed by atoms with van der Waals surface area (Å²) in [6.45, 7) is 3.42. The smallest absolute Gasteiger partial charge is 0.433 e. The Balaban J connectivity index is 2.66. The van der Waals surface area contributed by atoms with Gasteiger partial charge in [0.1, 0.15) is 16.2 Å². The molecule has 7 nitrogen and oxygen atoms in total. The van der Waals surface area contributed by atoms with Gasteiger partial charge in [0.25, 0.3) is 0 Å². The highest BCUT2D eigenvalue weighted by Crippen LogP contribution is 2.17. The molecule has 0 aliphatic heterocycles. The van der Waals surface area contributed by atoms with Crippen molar-refractivity contribution in [1.82, 2.24) is 5.32 Å². The van der Waals surface area contributed by atoms with Crippen LogP contribution in [0.15, 0.2) is 16.5 Å². The van der Waals surface area contributed by atoms with Crippen LogP contribution in [0, 0.1) is 10.1 Å². The average Bonchev–Trinajstić information content (AvgIpc) is 2.74. The van der Waals surface area contributed by atoms with Crippen molar-refractivity contribution >= 4 is 11.9 Å². The predicted molar refractivity (Wildman–Crippen MR) is 58.5 cm³/mol. The molecule has 1 heterocycles. The number of nitrogens with one attached hydrogen (secondary N) is 1. The van der Waals surface area contributed by atoms with Crippen LogP contribution in [0.4, 0.5) is 5.88 Å². The van der Waals surface area contributed by atoms with Crippen molar-refractivity contribution in [2.75, 3.05) is 0 Å². The molecule has 17 heavy (non-hydrogen) atoms. The molecule has 1 atom stereocenters. The molecule has 1 aromatic heterocycles. The molecule has 1 rings (SSSR count). The second-order valence-corrected chi connectivity index (χ2v) is 3.84. The third kappa shape index (κ3) is 3.04. The van der Waals surface area contributed by atoms with E-state index < -0.39 is 16.4 Å². The van der Waals surface area contributed by atoms with Gasteiger partial charge in [-0.2, -0.15) is 0 Å². The third-order valence-corrected chi connectivity index (χ3v) is 2.66. The molecule has 0 aromatic carbocycles. The number of hydrogen-bond donors (Lipinski definition) is 2. The number of carbonyl (C=O) groups is 1. The van der Waals surface area contributed by atoms with Gasteiger partial charge in [-0.25, -0.2) is 0 Å². The summed E-state index contributed by atoms with van der Waals surface area (Å²) >= 11 is 0. The van der Waals surface area contributed by atoms with Crippen molar-refractivity contribution in [3.63, 3.8) is 0 Å². The summed E-state index contributed by atoms with van der Waals surface area (Å²) < 4.78 is 4.91. The van der Waals surface area contributed by atoms with Crippen molar-refractivity contribution in [3.05, 3.63) is 28.0 Å². The quantitative estimate of drug-likeness (QED) is 0.578. The molecule has 0 aliphatic carbocycles. The monoisotopic (exact) mass is 242 g/mol. The summed E-state index contributed by atoms with van der Waals surface area (Å²) in [5, 5.41) is 22.2. The van der Waals surface area contributed by atoms with Crippen molar-refractivity contribution in [3.8, 4) is 0 Å². The fourth-order valence-corrected chi connectivity index (χ4v) is 1.19. The van der Waals surface area contributed by atoms with Gasteiger partial charge in [-0.15, -0.1) is 0 Å². The molecule has 0 saturated heterocycles. The molecule has 1 aromatic rings. The molecule has 0 amide bonds. The molecule has 1 unspecified atom stereocenters. The first-order chi connectivity index (χ1) is 7.89. The molecule has 0 spiro atoms. The Morgan fingerprint density at radius 2 is 2.29 bits per heavy atom. The van der Waals surface area contributed by atoms with Gasteiger partial charge in [-0.1, -0.05) is 6.92 Å². The minimum absolute atomic E-state index is 0.129. The second kappa shape index (κ2) is 4.96. The Hall–Kier alpha value is -1.89. The molecule has 0 aliphatic rings. The van der Waals surface area contributed by atoms with E-state index in [0.29, 0.717) is 12.2 Å². The van der Waals surface area contributed by atoms with E-state index in [-0.39, 0.29) is 12.4 Å². The Morgan fingerprint density at radius 1 is 1.65 bits per heavy atom. The van der Waals surface area contributed by atoms with Gasteiger partial charge >= 0.3 is 11.9 Å². The maximum atomic E-state index is 11.0. The first-order valence-electron chi connectivity index (χ1n) is 5.10. The van der Waals surface area contributed by atoms with Crippen LogP contribution in [0.25, 0.3) is 0 Å². The van der Waals surface area contributed by atoms with E-state index in [0.717, 1.165) is 0 Å². The van der Waals surface area contributed by atoms with E-state index >= 15 is 0 Å². The zero-order valence-electron chi connectivity index (χ0n) is 9.60. The summed E-state index contributed by atoms with van der Waals surface area (Å²) in [6.07, 6.45) is 0.394. The Labute approximate surface area is 97.6 Å². The standard InChI is InChI=1S/C10H14N2O5/c1-3-10(2,9(13)14)11-6-7-4-5-8(17-7)12(15)16/h4-5,11H,3,6H2,1-2H3,(H,13,14). The van der Waals surface area contributed by atoms with Gasteiger partial charge in [-0.05, 0) is 19.4 Å². The summed E-state index contributed by atoms with van der Waals surface area (Å²) in [4.78, 5) is 20.7. The molecule has 0 fully saturated rings. The topological polar surface area (TPSA) is 106 Å². The lowest BCUT2D eigenvalue weighted by molar-refractivity contribution is -0.402. The van der Waals surface area contributed by atoms with Gasteiger partial charge < -0.3 is 9.52 Å². The summed E-state index contributed by atoms with van der Waals surface area (Å²) in [6, 6.07) is 2.68. The molecule has 7 heteroatoms. The maximum Gasteiger partial charge on any atom is 0.433 e. The van der Waals surface area contributed by atoms with Crippen LogP contribution in [0.1, 0.15) is 26.0 Å². The van der Waals surface area contributed by atoms with Gasteiger partial charge in [0.2, 0.25) is 0 Å². The molecule has 0 radical (unpaired) electrons. The number of rotatable bonds is 6. The SMILES string of the molecule is CCC(C)(NCc1ccc([N+](=O)[O-])o1)C(=O)O. The largest absolute Gasteiger partial charge is 0.480 e. The van der Waals surface area contributed by atoms with Crippen LogP contribution in [-0.4, -0.2) is 21.5 Å². The molecule has 94 valence electrons. The number of aliphatic carboxylic acids is 1. The second-order valence-electron chi connectivity index (χ2n) is 3.84. The molecule has 0 bridgehead atoms. The lowest BCUT2D eigenvalue weighted by Crippen LogP contribution is -2.48. The van der Waals surface area contributed by atoms with Crippen LogP contribution in [0.3, 0.4) is 0 Å². The predicted octanol–water partition coefficient (Wildman–Crippen LogP) is 1.53. The van der Waals surface area contributed by atoms with Crippen LogP contribution in [-0.2, 0) is 11.3 Å². The lowest BCUT2D eigenvalue weighted by Gasteiger charge is -2.23. The first kappa shape index (κ1) is 13.2. The highest BCUT2D eigenvalue weighted by atomic mass is 16.6. The van der Waals surface area contributed by atoms with Crippen molar-refractivity contribution in [2.24, 2.45) is 0 Å². The lowest BCUT2D eigenvalue weighted by atomic mass is 9.99. The number of nitro groups is 1. The Bertz CT molecular complexity index is 428. The minimum atomic E-state index is -1.07. The van der Waals surface area contributed by atoms with Crippen molar-refractivity contribution in [1.29, 1.82) is 0 Å². The van der Waals surface area contributed by atoms with Gasteiger partial charge in [0, 0.05) is 0 Å². The van der Waals surface area contributed by atoms with Crippen molar-refractivity contribution in [2.45, 2.75) is 32.4 Å². The van der Waals surface area contributed by atoms with E-state index in [1.54, 1.807) is 13.8 Å². The molecule has 2 N–H and O–H groups in total. The average molecular weight is 242 g/mol. The van der Waals surface area contributed by atoms with E-state index in [4.69, 9.17) is 9.52 Å². The number of carboxylic acid groups (broad SMARTS) is 1. The van der Waals surface area contributed by atoms with E-state index in [1.165, 1.54) is 12.1 Å².